The third-order valence-electron chi connectivity index (χ3n) is 12.6. The maximum absolute atomic E-state index is 2.58. The molecule has 0 radical (unpaired) electrons. The van der Waals surface area contributed by atoms with Crippen molar-refractivity contribution >= 4 is 44.9 Å². The molecule has 6 aromatic carbocycles. The van der Waals surface area contributed by atoms with E-state index in [1.165, 1.54) is 114 Å². The van der Waals surface area contributed by atoms with E-state index in [9.17, 15) is 0 Å². The average molecular weight is 737 g/mol. The molecule has 276 valence electrons. The molecule has 0 saturated carbocycles. The predicted octanol–water partition coefficient (Wildman–Crippen LogP) is 14.6. The molecule has 9 rings (SSSR count). The standard InChI is InChI=1S/C52H52N2S/c1-35-19-26-43-44-27-24-40(33-48(44)52(5,6)47(43)31-35)23-22-39-21-20-36(2)45(32-39)46-34-42(25-28-51(46)55(7)29-13-14-30-55)54-38(4)37(3)53(41-15-9-8-10-16-41)49-17-11-12-18-50(49)54/h8-12,15-28,31-34H,13-14,29-30H2,1-7H3/b23-22+. The molecule has 6 aromatic rings. The Morgan fingerprint density at radius 2 is 1.11 bits per heavy atom. The molecule has 0 atom stereocenters. The number of hydrogen-bond donors (Lipinski definition) is 0. The van der Waals surface area contributed by atoms with Crippen LogP contribution in [0.2, 0.25) is 0 Å². The minimum absolute atomic E-state index is 0.0154. The van der Waals surface area contributed by atoms with Crippen LogP contribution < -0.4 is 9.80 Å². The van der Waals surface area contributed by atoms with E-state index in [1.807, 2.05) is 0 Å². The zero-order valence-corrected chi connectivity index (χ0v) is 34.2. The fourth-order valence-corrected chi connectivity index (χ4v) is 12.9. The van der Waals surface area contributed by atoms with Gasteiger partial charge in [0.25, 0.3) is 0 Å². The van der Waals surface area contributed by atoms with E-state index in [4.69, 9.17) is 0 Å². The number of hydrogen-bond acceptors (Lipinski definition) is 2. The lowest BCUT2D eigenvalue weighted by atomic mass is 9.81. The second kappa shape index (κ2) is 13.5. The third-order valence-corrected chi connectivity index (χ3v) is 16.4. The molecule has 55 heavy (non-hydrogen) atoms. The molecular formula is C52H52N2S. The lowest BCUT2D eigenvalue weighted by Gasteiger charge is -2.41. The van der Waals surface area contributed by atoms with Gasteiger partial charge in [0, 0.05) is 28.2 Å². The van der Waals surface area contributed by atoms with Crippen LogP contribution in [-0.4, -0.2) is 17.8 Å². The van der Waals surface area contributed by atoms with E-state index < -0.39 is 10.0 Å². The predicted molar refractivity (Wildman–Crippen MR) is 241 cm³/mol. The first-order valence-electron chi connectivity index (χ1n) is 19.9. The highest BCUT2D eigenvalue weighted by Crippen LogP contribution is 2.61. The fourth-order valence-electron chi connectivity index (χ4n) is 9.43. The summed E-state index contributed by atoms with van der Waals surface area (Å²) in [6.45, 7) is 13.8. The lowest BCUT2D eigenvalue weighted by molar-refractivity contribution is 0.659. The topological polar surface area (TPSA) is 6.48 Å². The van der Waals surface area contributed by atoms with Gasteiger partial charge in [0.1, 0.15) is 0 Å². The van der Waals surface area contributed by atoms with Crippen molar-refractivity contribution in [3.63, 3.8) is 0 Å². The number of allylic oxidation sites excluding steroid dienone is 2. The minimum atomic E-state index is -0.922. The summed E-state index contributed by atoms with van der Waals surface area (Å²) in [5.74, 6) is 2.62. The van der Waals surface area contributed by atoms with Crippen LogP contribution in [-0.2, 0) is 5.41 Å². The Hall–Kier alpha value is -5.25. The summed E-state index contributed by atoms with van der Waals surface area (Å²) in [5, 5.41) is 0. The Bertz CT molecular complexity index is 2530. The van der Waals surface area contributed by atoms with Crippen molar-refractivity contribution in [2.45, 2.75) is 64.7 Å². The normalized spacial score (nSPS) is 17.4. The number of nitrogens with zero attached hydrogens (tertiary/aromatic N) is 2. The van der Waals surface area contributed by atoms with Gasteiger partial charge in [-0.1, -0.05) is 110 Å². The molecule has 0 aromatic heterocycles. The molecule has 0 bridgehead atoms. The highest BCUT2D eigenvalue weighted by atomic mass is 32.3. The Balaban J connectivity index is 1.12. The van der Waals surface area contributed by atoms with Crippen molar-refractivity contribution in [3.8, 4) is 22.3 Å². The van der Waals surface area contributed by atoms with Crippen LogP contribution in [0.5, 0.6) is 0 Å². The van der Waals surface area contributed by atoms with Crippen LogP contribution in [0.15, 0.2) is 144 Å². The summed E-state index contributed by atoms with van der Waals surface area (Å²) >= 11 is 0. The molecular weight excluding hydrogens is 685 g/mol. The number of fused-ring (bicyclic) bond motifs is 4. The molecule has 0 unspecified atom stereocenters. The fraction of sp³-hybridized carbons (Fsp3) is 0.231. The summed E-state index contributed by atoms with van der Waals surface area (Å²) in [6.07, 6.45) is 9.85. The van der Waals surface area contributed by atoms with Gasteiger partial charge < -0.3 is 9.80 Å². The average Bonchev–Trinajstić information content (AvgIpc) is 3.73. The molecule has 0 N–H and O–H groups in total. The van der Waals surface area contributed by atoms with E-state index in [0.29, 0.717) is 0 Å². The van der Waals surface area contributed by atoms with Gasteiger partial charge in [-0.2, -0.15) is 0 Å². The van der Waals surface area contributed by atoms with Gasteiger partial charge in [0.05, 0.1) is 11.4 Å². The molecule has 2 heterocycles. The lowest BCUT2D eigenvalue weighted by Crippen LogP contribution is -2.29. The van der Waals surface area contributed by atoms with Gasteiger partial charge in [-0.05, 0) is 162 Å². The maximum Gasteiger partial charge on any atom is 0.0699 e. The Labute approximate surface area is 330 Å². The van der Waals surface area contributed by atoms with Gasteiger partial charge >= 0.3 is 0 Å². The van der Waals surface area contributed by atoms with Crippen molar-refractivity contribution in [1.29, 1.82) is 0 Å². The maximum atomic E-state index is 2.58. The van der Waals surface area contributed by atoms with Gasteiger partial charge in [-0.25, -0.2) is 10.0 Å². The monoisotopic (exact) mass is 736 g/mol. The quantitative estimate of drug-likeness (QED) is 0.157. The van der Waals surface area contributed by atoms with Crippen molar-refractivity contribution < 1.29 is 0 Å². The van der Waals surface area contributed by atoms with Crippen LogP contribution in [0, 0.1) is 13.8 Å². The Morgan fingerprint density at radius 1 is 0.527 bits per heavy atom. The van der Waals surface area contributed by atoms with E-state index in [0.717, 1.165) is 0 Å². The molecule has 3 aliphatic rings. The molecule has 2 aliphatic heterocycles. The van der Waals surface area contributed by atoms with E-state index in [2.05, 4.69) is 197 Å². The Morgan fingerprint density at radius 3 is 1.80 bits per heavy atom. The second-order valence-corrected chi connectivity index (χ2v) is 20.4. The van der Waals surface area contributed by atoms with E-state index in [-0.39, 0.29) is 5.41 Å². The molecule has 2 nitrogen and oxygen atoms in total. The molecule has 1 fully saturated rings. The SMILES string of the molecule is CC1=C(C)N(c2ccc(S3(C)CCCC3)c(-c3cc(/C=C/c4ccc5c(c4)C(C)(C)c4cc(C)ccc4-5)ccc3C)c2)c2ccccc2N1c1ccccc1. The third kappa shape index (κ3) is 5.96. The largest absolute Gasteiger partial charge is 0.311 e. The first kappa shape index (κ1) is 35.5. The first-order valence-corrected chi connectivity index (χ1v) is 22.3. The summed E-state index contributed by atoms with van der Waals surface area (Å²) < 4.78 is 0. The number of benzene rings is 6. The minimum Gasteiger partial charge on any atom is -0.311 e. The van der Waals surface area contributed by atoms with E-state index in [1.54, 1.807) is 4.90 Å². The van der Waals surface area contributed by atoms with Crippen molar-refractivity contribution in [1.82, 2.24) is 0 Å². The molecule has 0 amide bonds. The number of para-hydroxylation sites is 3. The summed E-state index contributed by atoms with van der Waals surface area (Å²) in [6, 6.07) is 48.0. The van der Waals surface area contributed by atoms with Crippen LogP contribution >= 0.6 is 10.0 Å². The van der Waals surface area contributed by atoms with Gasteiger partial charge in [-0.15, -0.1) is 0 Å². The van der Waals surface area contributed by atoms with Crippen LogP contribution in [0.4, 0.5) is 22.7 Å². The first-order chi connectivity index (χ1) is 26.5. The van der Waals surface area contributed by atoms with Crippen molar-refractivity contribution in [3.05, 3.63) is 172 Å². The van der Waals surface area contributed by atoms with Crippen LogP contribution in [0.1, 0.15) is 73.9 Å². The van der Waals surface area contributed by atoms with Crippen LogP contribution in [0.3, 0.4) is 0 Å². The highest BCUT2D eigenvalue weighted by Gasteiger charge is 2.36. The zero-order chi connectivity index (χ0) is 38.1. The number of aryl methyl sites for hydroxylation is 2. The molecule has 0 spiro atoms. The van der Waals surface area contributed by atoms with Crippen molar-refractivity contribution in [2.24, 2.45) is 0 Å². The van der Waals surface area contributed by atoms with Crippen LogP contribution in [0.25, 0.3) is 34.4 Å². The molecule has 1 saturated heterocycles. The summed E-state index contributed by atoms with van der Waals surface area (Å²) in [5.41, 5.74) is 20.7. The van der Waals surface area contributed by atoms with Gasteiger partial charge in [0.15, 0.2) is 0 Å². The van der Waals surface area contributed by atoms with Crippen molar-refractivity contribution in [2.75, 3.05) is 27.6 Å². The summed E-state index contributed by atoms with van der Waals surface area (Å²) in [7, 11) is -0.922. The zero-order valence-electron chi connectivity index (χ0n) is 33.4. The number of anilines is 4. The number of rotatable bonds is 6. The smallest absolute Gasteiger partial charge is 0.0699 e. The second-order valence-electron chi connectivity index (χ2n) is 16.6. The highest BCUT2D eigenvalue weighted by molar-refractivity contribution is 8.33. The van der Waals surface area contributed by atoms with E-state index >= 15 is 0 Å². The van der Waals surface area contributed by atoms with Gasteiger partial charge in [-0.3, -0.25) is 0 Å². The molecule has 1 aliphatic carbocycles. The Kier molecular flexibility index (Phi) is 8.70. The van der Waals surface area contributed by atoms with Gasteiger partial charge in [0.2, 0.25) is 0 Å². The molecule has 3 heteroatoms. The summed E-state index contributed by atoms with van der Waals surface area (Å²) in [4.78, 5) is 6.45.